The van der Waals surface area contributed by atoms with E-state index in [1.165, 1.54) is 0 Å². The van der Waals surface area contributed by atoms with Crippen molar-refractivity contribution in [2.24, 2.45) is 5.92 Å². The number of hydrogen-bond acceptors (Lipinski definition) is 3. The minimum Gasteiger partial charge on any atom is -0.393 e. The molecule has 3 rings (SSSR count). The fourth-order valence-corrected chi connectivity index (χ4v) is 3.65. The zero-order chi connectivity index (χ0) is 17.8. The molecule has 0 radical (unpaired) electrons. The molecule has 0 spiro atoms. The predicted molar refractivity (Wildman–Crippen MR) is 98.5 cm³/mol. The number of carbonyl (C=O) groups is 1. The Morgan fingerprint density at radius 2 is 2.08 bits per heavy atom. The molecule has 1 aromatic carbocycles. The number of para-hydroxylation sites is 2. The second-order valence-electron chi connectivity index (χ2n) is 6.81. The molecule has 0 aliphatic carbocycles. The van der Waals surface area contributed by atoms with Crippen LogP contribution in [0.1, 0.15) is 32.5 Å². The van der Waals surface area contributed by atoms with Gasteiger partial charge in [-0.1, -0.05) is 12.1 Å². The van der Waals surface area contributed by atoms with Gasteiger partial charge in [-0.2, -0.15) is 0 Å². The molecule has 25 heavy (non-hydrogen) atoms. The van der Waals surface area contributed by atoms with Crippen LogP contribution in [0.2, 0.25) is 0 Å². The molecule has 1 aromatic heterocycles. The summed E-state index contributed by atoms with van der Waals surface area (Å²) in [6, 6.07) is 8.12. The number of fused-ring (bicyclic) bond motifs is 1. The normalized spacial score (nSPS) is 17.0. The molecule has 6 nitrogen and oxygen atoms in total. The van der Waals surface area contributed by atoms with Crippen LogP contribution >= 0.6 is 0 Å². The van der Waals surface area contributed by atoms with Gasteiger partial charge in [0, 0.05) is 32.6 Å². The summed E-state index contributed by atoms with van der Waals surface area (Å²) in [5.41, 5.74) is 2.15. The number of rotatable bonds is 5. The SMILES string of the molecule is CCn1c(CCNC(=O)N2CCC(C(C)O)CC2)nc2ccccc21. The number of imidazole rings is 1. The molecule has 1 aliphatic rings. The van der Waals surface area contributed by atoms with Gasteiger partial charge in [-0.15, -0.1) is 0 Å². The van der Waals surface area contributed by atoms with Crippen LogP contribution in [0, 0.1) is 5.92 Å². The van der Waals surface area contributed by atoms with Crippen molar-refractivity contribution >= 4 is 17.1 Å². The maximum absolute atomic E-state index is 12.3. The monoisotopic (exact) mass is 344 g/mol. The van der Waals surface area contributed by atoms with E-state index in [4.69, 9.17) is 4.98 Å². The van der Waals surface area contributed by atoms with Crippen LogP contribution in [-0.4, -0.2) is 51.3 Å². The molecule has 0 bridgehead atoms. The van der Waals surface area contributed by atoms with Crippen molar-refractivity contribution < 1.29 is 9.90 Å². The Kier molecular flexibility index (Phi) is 5.58. The number of amides is 2. The van der Waals surface area contributed by atoms with E-state index in [1.807, 2.05) is 30.0 Å². The Morgan fingerprint density at radius 1 is 1.36 bits per heavy atom. The highest BCUT2D eigenvalue weighted by Gasteiger charge is 2.25. The van der Waals surface area contributed by atoms with E-state index in [9.17, 15) is 9.90 Å². The summed E-state index contributed by atoms with van der Waals surface area (Å²) in [6.07, 6.45) is 2.18. The van der Waals surface area contributed by atoms with Gasteiger partial charge in [0.05, 0.1) is 17.1 Å². The van der Waals surface area contributed by atoms with Gasteiger partial charge in [0.2, 0.25) is 0 Å². The van der Waals surface area contributed by atoms with Crippen molar-refractivity contribution in [1.82, 2.24) is 19.8 Å². The molecule has 2 N–H and O–H groups in total. The van der Waals surface area contributed by atoms with E-state index in [1.54, 1.807) is 0 Å². The van der Waals surface area contributed by atoms with E-state index in [-0.39, 0.29) is 12.1 Å². The Morgan fingerprint density at radius 3 is 2.76 bits per heavy atom. The minimum absolute atomic E-state index is 0.0109. The van der Waals surface area contributed by atoms with E-state index >= 15 is 0 Å². The topological polar surface area (TPSA) is 70.4 Å². The van der Waals surface area contributed by atoms with E-state index in [0.717, 1.165) is 55.8 Å². The molecule has 136 valence electrons. The lowest BCUT2D eigenvalue weighted by atomic mass is 9.92. The Bertz CT molecular complexity index is 717. The lowest BCUT2D eigenvalue weighted by Crippen LogP contribution is -2.46. The number of aliphatic hydroxyl groups excluding tert-OH is 1. The fraction of sp³-hybridized carbons (Fsp3) is 0.579. The first-order chi connectivity index (χ1) is 12.1. The average molecular weight is 344 g/mol. The maximum atomic E-state index is 12.3. The fourth-order valence-electron chi connectivity index (χ4n) is 3.65. The largest absolute Gasteiger partial charge is 0.393 e. The first kappa shape index (κ1) is 17.7. The summed E-state index contributed by atoms with van der Waals surface area (Å²) in [7, 11) is 0. The Labute approximate surface area is 148 Å². The number of aryl methyl sites for hydroxylation is 1. The number of likely N-dealkylation sites (tertiary alicyclic amines) is 1. The van der Waals surface area contributed by atoms with Crippen LogP contribution in [0.15, 0.2) is 24.3 Å². The van der Waals surface area contributed by atoms with Crippen molar-refractivity contribution in [3.05, 3.63) is 30.1 Å². The number of benzene rings is 1. The van der Waals surface area contributed by atoms with E-state index < -0.39 is 0 Å². The summed E-state index contributed by atoms with van der Waals surface area (Å²) in [4.78, 5) is 18.9. The molecule has 2 amide bonds. The lowest BCUT2D eigenvalue weighted by molar-refractivity contribution is 0.0799. The number of nitrogens with one attached hydrogen (secondary N) is 1. The summed E-state index contributed by atoms with van der Waals surface area (Å²) in [5.74, 6) is 1.32. The Hall–Kier alpha value is -2.08. The van der Waals surface area contributed by atoms with Crippen molar-refractivity contribution in [3.63, 3.8) is 0 Å². The zero-order valence-corrected chi connectivity index (χ0v) is 15.1. The van der Waals surface area contributed by atoms with Crippen LogP contribution in [0.3, 0.4) is 0 Å². The third-order valence-electron chi connectivity index (χ3n) is 5.18. The molecule has 1 saturated heterocycles. The van der Waals surface area contributed by atoms with Crippen LogP contribution in [0.25, 0.3) is 11.0 Å². The van der Waals surface area contributed by atoms with Crippen molar-refractivity contribution in [2.45, 2.75) is 45.8 Å². The zero-order valence-electron chi connectivity index (χ0n) is 15.1. The smallest absolute Gasteiger partial charge is 0.317 e. The predicted octanol–water partition coefficient (Wildman–Crippen LogP) is 2.40. The number of hydrogen-bond donors (Lipinski definition) is 2. The van der Waals surface area contributed by atoms with Crippen LogP contribution in [0.5, 0.6) is 0 Å². The quantitative estimate of drug-likeness (QED) is 0.875. The highest BCUT2D eigenvalue weighted by Crippen LogP contribution is 2.20. The number of aromatic nitrogens is 2. The number of aliphatic hydroxyl groups is 1. The van der Waals surface area contributed by atoms with Gasteiger partial charge in [-0.05, 0) is 44.7 Å². The van der Waals surface area contributed by atoms with Gasteiger partial charge in [0.1, 0.15) is 5.82 Å². The maximum Gasteiger partial charge on any atom is 0.317 e. The molecule has 1 atom stereocenters. The van der Waals surface area contributed by atoms with Crippen LogP contribution in [0.4, 0.5) is 4.79 Å². The molecule has 2 heterocycles. The molecular weight excluding hydrogens is 316 g/mol. The number of urea groups is 1. The van der Waals surface area contributed by atoms with Gasteiger partial charge in [0.15, 0.2) is 0 Å². The van der Waals surface area contributed by atoms with Crippen LogP contribution < -0.4 is 5.32 Å². The van der Waals surface area contributed by atoms with Gasteiger partial charge < -0.3 is 19.9 Å². The molecule has 2 aromatic rings. The van der Waals surface area contributed by atoms with Gasteiger partial charge in [0.25, 0.3) is 0 Å². The number of nitrogens with zero attached hydrogens (tertiary/aromatic N) is 3. The van der Waals surface area contributed by atoms with Gasteiger partial charge in [-0.3, -0.25) is 0 Å². The highest BCUT2D eigenvalue weighted by atomic mass is 16.3. The van der Waals surface area contributed by atoms with Crippen molar-refractivity contribution in [3.8, 4) is 0 Å². The molecular formula is C19H28N4O2. The third kappa shape index (κ3) is 3.95. The van der Waals surface area contributed by atoms with Crippen molar-refractivity contribution in [2.75, 3.05) is 19.6 Å². The lowest BCUT2D eigenvalue weighted by Gasteiger charge is -2.33. The first-order valence-corrected chi connectivity index (χ1v) is 9.25. The van der Waals surface area contributed by atoms with Crippen LogP contribution in [-0.2, 0) is 13.0 Å². The summed E-state index contributed by atoms with van der Waals surface area (Å²) < 4.78 is 2.20. The minimum atomic E-state index is -0.285. The third-order valence-corrected chi connectivity index (χ3v) is 5.18. The summed E-state index contributed by atoms with van der Waals surface area (Å²) in [5, 5.41) is 12.7. The molecule has 1 aliphatic heterocycles. The van der Waals surface area contributed by atoms with Gasteiger partial charge in [-0.25, -0.2) is 9.78 Å². The summed E-state index contributed by atoms with van der Waals surface area (Å²) in [6.45, 7) is 6.83. The number of carbonyl (C=O) groups excluding carboxylic acids is 1. The molecule has 0 saturated carbocycles. The second kappa shape index (κ2) is 7.87. The molecule has 6 heteroatoms. The Balaban J connectivity index is 1.52. The van der Waals surface area contributed by atoms with E-state index in [2.05, 4.69) is 22.9 Å². The standard InChI is InChI=1S/C19H28N4O2/c1-3-23-17-7-5-4-6-16(17)21-18(23)8-11-20-19(25)22-12-9-15(10-13-22)14(2)24/h4-7,14-15,24H,3,8-13H2,1-2H3,(H,20,25). The van der Waals surface area contributed by atoms with Crippen molar-refractivity contribution in [1.29, 1.82) is 0 Å². The molecule has 1 unspecified atom stereocenters. The van der Waals surface area contributed by atoms with E-state index in [0.29, 0.717) is 12.5 Å². The highest BCUT2D eigenvalue weighted by molar-refractivity contribution is 5.76. The molecule has 1 fully saturated rings. The van der Waals surface area contributed by atoms with Gasteiger partial charge >= 0.3 is 6.03 Å². The second-order valence-corrected chi connectivity index (χ2v) is 6.81. The first-order valence-electron chi connectivity index (χ1n) is 9.25. The number of piperidine rings is 1. The average Bonchev–Trinajstić information content (AvgIpc) is 2.99. The summed E-state index contributed by atoms with van der Waals surface area (Å²) >= 11 is 0.